The van der Waals surface area contributed by atoms with Gasteiger partial charge in [0.2, 0.25) is 5.13 Å². The molecule has 0 saturated heterocycles. The lowest BCUT2D eigenvalue weighted by Gasteiger charge is -2.10. The monoisotopic (exact) mass is 329 g/mol. The lowest BCUT2D eigenvalue weighted by atomic mass is 9.97. The highest BCUT2D eigenvalue weighted by Crippen LogP contribution is 2.31. The number of hydrogen-bond acceptors (Lipinski definition) is 4. The zero-order chi connectivity index (χ0) is 16.8. The minimum Gasteiger partial charge on any atom is -0.374 e. The van der Waals surface area contributed by atoms with E-state index in [-0.39, 0.29) is 11.7 Å². The maximum Gasteiger partial charge on any atom is 0.203 e. The Morgan fingerprint density at radius 2 is 1.74 bits per heavy atom. The van der Waals surface area contributed by atoms with Gasteiger partial charge in [0.25, 0.3) is 0 Å². The minimum absolute atomic E-state index is 0.0286. The zero-order valence-electron chi connectivity index (χ0n) is 13.5. The number of aromatic nitrogens is 2. The van der Waals surface area contributed by atoms with Crippen LogP contribution in [0, 0.1) is 5.82 Å². The van der Waals surface area contributed by atoms with E-state index >= 15 is 0 Å². The summed E-state index contributed by atoms with van der Waals surface area (Å²) in [5, 5.41) is 9.05. The molecule has 0 fully saturated rings. The molecule has 1 heterocycles. The van der Waals surface area contributed by atoms with Crippen molar-refractivity contribution in [2.24, 2.45) is 0 Å². The Hall–Kier alpha value is -2.27. The third-order valence-electron chi connectivity index (χ3n) is 3.40. The van der Waals surface area contributed by atoms with Crippen molar-refractivity contribution in [3.63, 3.8) is 0 Å². The van der Waals surface area contributed by atoms with Crippen LogP contribution in [0.3, 0.4) is 0 Å². The van der Waals surface area contributed by atoms with Gasteiger partial charge in [0.1, 0.15) is 10.8 Å². The van der Waals surface area contributed by atoms with Crippen molar-refractivity contribution in [3.8, 4) is 11.1 Å². The number of nitrogens with two attached hydrogens (primary N) is 1. The quantitative estimate of drug-likeness (QED) is 0.727. The number of nitrogen functional groups attached to an aromatic ring is 1. The molecule has 0 aliphatic rings. The summed E-state index contributed by atoms with van der Waals surface area (Å²) in [6, 6.07) is 14.8. The first-order chi connectivity index (χ1) is 11.1. The second-order valence-electron chi connectivity index (χ2n) is 4.81. The van der Waals surface area contributed by atoms with Gasteiger partial charge < -0.3 is 5.73 Å². The number of anilines is 1. The largest absolute Gasteiger partial charge is 0.374 e. The summed E-state index contributed by atoms with van der Waals surface area (Å²) in [5.74, 6) is -0.262. The molecule has 3 aromatic rings. The summed E-state index contributed by atoms with van der Waals surface area (Å²) in [6.07, 6.45) is 0. The molecule has 1 unspecified atom stereocenters. The van der Waals surface area contributed by atoms with Gasteiger partial charge in [-0.3, -0.25) is 0 Å². The SMILES string of the molecule is CC.CC(c1ccc(-c2ccccc2)c(F)c1)c1nnc(N)s1. The zero-order valence-corrected chi connectivity index (χ0v) is 14.3. The molecule has 1 atom stereocenters. The first-order valence-electron chi connectivity index (χ1n) is 7.59. The van der Waals surface area contributed by atoms with Crippen LogP contribution in [0.1, 0.15) is 37.3 Å². The molecule has 0 bridgehead atoms. The molecule has 5 heteroatoms. The van der Waals surface area contributed by atoms with Crippen LogP contribution in [-0.2, 0) is 0 Å². The predicted molar refractivity (Wildman–Crippen MR) is 95.0 cm³/mol. The van der Waals surface area contributed by atoms with E-state index in [4.69, 9.17) is 5.73 Å². The van der Waals surface area contributed by atoms with Gasteiger partial charge in [-0.25, -0.2) is 4.39 Å². The Morgan fingerprint density at radius 1 is 1.04 bits per heavy atom. The Bertz CT molecular complexity index is 756. The molecule has 0 aliphatic heterocycles. The van der Waals surface area contributed by atoms with Crippen LogP contribution in [-0.4, -0.2) is 10.2 Å². The van der Waals surface area contributed by atoms with Gasteiger partial charge in [-0.05, 0) is 17.2 Å². The minimum atomic E-state index is -0.233. The molecule has 0 amide bonds. The third-order valence-corrected chi connectivity index (χ3v) is 4.34. The highest BCUT2D eigenvalue weighted by atomic mass is 32.1. The molecular weight excluding hydrogens is 309 g/mol. The van der Waals surface area contributed by atoms with Gasteiger partial charge in [0.15, 0.2) is 0 Å². The van der Waals surface area contributed by atoms with Crippen LogP contribution >= 0.6 is 11.3 Å². The molecular formula is C18H20FN3S. The number of benzene rings is 2. The molecule has 1 aromatic heterocycles. The van der Waals surface area contributed by atoms with Crippen LogP contribution < -0.4 is 5.73 Å². The van der Waals surface area contributed by atoms with Crippen LogP contribution in [0.5, 0.6) is 0 Å². The van der Waals surface area contributed by atoms with Crippen molar-refractivity contribution < 1.29 is 4.39 Å². The molecule has 23 heavy (non-hydrogen) atoms. The van der Waals surface area contributed by atoms with Crippen LogP contribution in [0.2, 0.25) is 0 Å². The topological polar surface area (TPSA) is 51.8 Å². The molecule has 0 spiro atoms. The van der Waals surface area contributed by atoms with Crippen molar-refractivity contribution in [2.45, 2.75) is 26.7 Å². The maximum absolute atomic E-state index is 14.4. The van der Waals surface area contributed by atoms with E-state index in [1.54, 1.807) is 12.1 Å². The maximum atomic E-state index is 14.4. The predicted octanol–water partition coefficient (Wildman–Crippen LogP) is 5.10. The lowest BCUT2D eigenvalue weighted by Crippen LogP contribution is -1.97. The molecule has 2 aromatic carbocycles. The van der Waals surface area contributed by atoms with E-state index in [1.807, 2.05) is 57.2 Å². The fourth-order valence-electron chi connectivity index (χ4n) is 2.22. The molecule has 0 aliphatic carbocycles. The summed E-state index contributed by atoms with van der Waals surface area (Å²) in [6.45, 7) is 5.97. The molecule has 0 radical (unpaired) electrons. The Morgan fingerprint density at radius 3 is 2.30 bits per heavy atom. The van der Waals surface area contributed by atoms with E-state index in [0.29, 0.717) is 10.7 Å². The van der Waals surface area contributed by atoms with Gasteiger partial charge >= 0.3 is 0 Å². The molecule has 120 valence electrons. The summed E-state index contributed by atoms with van der Waals surface area (Å²) in [5.41, 5.74) is 7.93. The summed E-state index contributed by atoms with van der Waals surface area (Å²) < 4.78 is 14.4. The van der Waals surface area contributed by atoms with Crippen LogP contribution in [0.25, 0.3) is 11.1 Å². The normalized spacial score (nSPS) is 11.5. The highest BCUT2D eigenvalue weighted by molar-refractivity contribution is 7.15. The van der Waals surface area contributed by atoms with Gasteiger partial charge in [-0.2, -0.15) is 0 Å². The first-order valence-corrected chi connectivity index (χ1v) is 8.40. The summed E-state index contributed by atoms with van der Waals surface area (Å²) >= 11 is 1.33. The van der Waals surface area contributed by atoms with Crippen molar-refractivity contribution >= 4 is 16.5 Å². The Balaban J connectivity index is 0.000000924. The molecule has 3 rings (SSSR count). The van der Waals surface area contributed by atoms with E-state index < -0.39 is 0 Å². The highest BCUT2D eigenvalue weighted by Gasteiger charge is 2.15. The number of nitrogens with zero attached hydrogens (tertiary/aromatic N) is 2. The van der Waals surface area contributed by atoms with Gasteiger partial charge in [0.05, 0.1) is 0 Å². The molecule has 2 N–H and O–H groups in total. The standard InChI is InChI=1S/C16H14FN3S.C2H6/c1-10(15-19-20-16(18)21-15)12-7-8-13(14(17)9-12)11-5-3-2-4-6-11;1-2/h2-10H,1H3,(H2,18,20);1-2H3. The summed E-state index contributed by atoms with van der Waals surface area (Å²) in [4.78, 5) is 0. The first kappa shape index (κ1) is 17.1. The lowest BCUT2D eigenvalue weighted by molar-refractivity contribution is 0.627. The fourth-order valence-corrected chi connectivity index (χ4v) is 2.91. The Kier molecular flexibility index (Phi) is 5.82. The number of rotatable bonds is 3. The average molecular weight is 329 g/mol. The number of halogens is 1. The number of hydrogen-bond donors (Lipinski definition) is 1. The van der Waals surface area contributed by atoms with Gasteiger partial charge in [0, 0.05) is 11.5 Å². The smallest absolute Gasteiger partial charge is 0.203 e. The Labute approximate surface area is 140 Å². The van der Waals surface area contributed by atoms with Gasteiger partial charge in [-0.1, -0.05) is 74.6 Å². The average Bonchev–Trinajstić information content (AvgIpc) is 3.03. The van der Waals surface area contributed by atoms with E-state index in [9.17, 15) is 4.39 Å². The van der Waals surface area contributed by atoms with Crippen molar-refractivity contribution in [1.29, 1.82) is 0 Å². The molecule has 3 nitrogen and oxygen atoms in total. The third kappa shape index (κ3) is 3.93. The van der Waals surface area contributed by atoms with E-state index in [1.165, 1.54) is 11.3 Å². The van der Waals surface area contributed by atoms with E-state index in [2.05, 4.69) is 10.2 Å². The van der Waals surface area contributed by atoms with Crippen molar-refractivity contribution in [1.82, 2.24) is 10.2 Å². The fraction of sp³-hybridized carbons (Fsp3) is 0.222. The van der Waals surface area contributed by atoms with Crippen LogP contribution in [0.15, 0.2) is 48.5 Å². The second kappa shape index (κ2) is 7.83. The summed E-state index contributed by atoms with van der Waals surface area (Å²) in [7, 11) is 0. The second-order valence-corrected chi connectivity index (χ2v) is 5.85. The van der Waals surface area contributed by atoms with Crippen LogP contribution in [0.4, 0.5) is 9.52 Å². The molecule has 0 saturated carbocycles. The van der Waals surface area contributed by atoms with Crippen molar-refractivity contribution in [3.05, 3.63) is 64.9 Å². The van der Waals surface area contributed by atoms with Crippen molar-refractivity contribution in [2.75, 3.05) is 5.73 Å². The van der Waals surface area contributed by atoms with E-state index in [0.717, 1.165) is 16.1 Å². The van der Waals surface area contributed by atoms with Gasteiger partial charge in [-0.15, -0.1) is 10.2 Å².